The Morgan fingerprint density at radius 3 is 2.74 bits per heavy atom. The summed E-state index contributed by atoms with van der Waals surface area (Å²) >= 11 is 9.24. The van der Waals surface area contributed by atoms with Gasteiger partial charge in [-0.1, -0.05) is 11.6 Å². The molecule has 1 aromatic carbocycles. The second-order valence-electron chi connectivity index (χ2n) is 4.27. The van der Waals surface area contributed by atoms with Crippen molar-refractivity contribution in [2.45, 2.75) is 0 Å². The molecule has 23 heavy (non-hydrogen) atoms. The molecular formula is C15H13BrClN3O3. The number of methoxy groups -OCH3 is 2. The molecule has 0 saturated carbocycles. The first-order valence-electron chi connectivity index (χ1n) is 6.42. The molecule has 0 radical (unpaired) electrons. The minimum atomic E-state index is -0.453. The summed E-state index contributed by atoms with van der Waals surface area (Å²) in [6.45, 7) is 0. The van der Waals surface area contributed by atoms with Gasteiger partial charge in [-0.2, -0.15) is 5.10 Å². The van der Waals surface area contributed by atoms with Gasteiger partial charge in [0.1, 0.15) is 16.7 Å². The van der Waals surface area contributed by atoms with E-state index >= 15 is 0 Å². The molecule has 120 valence electrons. The zero-order valence-corrected chi connectivity index (χ0v) is 14.7. The molecule has 1 aromatic heterocycles. The summed E-state index contributed by atoms with van der Waals surface area (Å²) in [4.78, 5) is 15.8. The van der Waals surface area contributed by atoms with E-state index in [0.29, 0.717) is 17.1 Å². The Morgan fingerprint density at radius 1 is 1.35 bits per heavy atom. The van der Waals surface area contributed by atoms with Gasteiger partial charge >= 0.3 is 0 Å². The summed E-state index contributed by atoms with van der Waals surface area (Å²) in [5.74, 6) is 0.735. The highest BCUT2D eigenvalue weighted by atomic mass is 79.9. The van der Waals surface area contributed by atoms with Crippen molar-refractivity contribution in [1.82, 2.24) is 10.4 Å². The van der Waals surface area contributed by atoms with Crippen molar-refractivity contribution in [3.05, 3.63) is 51.2 Å². The first-order valence-corrected chi connectivity index (χ1v) is 7.59. The van der Waals surface area contributed by atoms with Crippen LogP contribution in [-0.2, 0) is 0 Å². The average Bonchev–Trinajstić information content (AvgIpc) is 2.55. The molecule has 1 heterocycles. The van der Waals surface area contributed by atoms with E-state index in [1.165, 1.54) is 19.5 Å². The number of nitrogens with one attached hydrogen (secondary N) is 1. The molecule has 0 aliphatic rings. The molecule has 0 aliphatic carbocycles. The Bertz CT molecular complexity index is 753. The Morgan fingerprint density at radius 2 is 2.09 bits per heavy atom. The van der Waals surface area contributed by atoms with Gasteiger partial charge in [0.25, 0.3) is 5.91 Å². The van der Waals surface area contributed by atoms with Gasteiger partial charge in [-0.3, -0.25) is 4.79 Å². The first-order chi connectivity index (χ1) is 11.1. The van der Waals surface area contributed by atoms with E-state index in [4.69, 9.17) is 21.1 Å². The van der Waals surface area contributed by atoms with Crippen LogP contribution in [0.15, 0.2) is 40.0 Å². The van der Waals surface area contributed by atoms with E-state index < -0.39 is 5.91 Å². The third kappa shape index (κ3) is 4.20. The Kier molecular flexibility index (Phi) is 5.95. The van der Waals surface area contributed by atoms with Gasteiger partial charge in [-0.05, 0) is 34.1 Å². The molecule has 0 unspecified atom stereocenters. The molecule has 1 amide bonds. The van der Waals surface area contributed by atoms with Crippen molar-refractivity contribution in [3.8, 4) is 11.5 Å². The van der Waals surface area contributed by atoms with Gasteiger partial charge in [-0.25, -0.2) is 10.4 Å². The monoisotopic (exact) mass is 397 g/mol. The van der Waals surface area contributed by atoms with Gasteiger partial charge in [0, 0.05) is 17.8 Å². The third-order valence-corrected chi connectivity index (χ3v) is 3.80. The predicted molar refractivity (Wildman–Crippen MR) is 91.6 cm³/mol. The number of halogens is 2. The number of carbonyl (C=O) groups is 1. The van der Waals surface area contributed by atoms with Crippen LogP contribution < -0.4 is 14.9 Å². The van der Waals surface area contributed by atoms with Gasteiger partial charge in [0.2, 0.25) is 0 Å². The Hall–Kier alpha value is -2.12. The second-order valence-corrected chi connectivity index (χ2v) is 5.48. The van der Waals surface area contributed by atoms with Crippen LogP contribution in [0.2, 0.25) is 5.15 Å². The highest BCUT2D eigenvalue weighted by Gasteiger charge is 2.10. The lowest BCUT2D eigenvalue weighted by molar-refractivity contribution is 0.0955. The maximum atomic E-state index is 12.0. The van der Waals surface area contributed by atoms with Gasteiger partial charge < -0.3 is 9.47 Å². The van der Waals surface area contributed by atoms with Gasteiger partial charge in [0.15, 0.2) is 0 Å². The molecule has 6 nitrogen and oxygen atoms in total. The van der Waals surface area contributed by atoms with Crippen LogP contribution in [0.3, 0.4) is 0 Å². The SMILES string of the molecule is COc1cc(OC)c(C=NNC(=O)c2cccnc2Cl)cc1Br. The molecular weight excluding hydrogens is 386 g/mol. The minimum absolute atomic E-state index is 0.116. The van der Waals surface area contributed by atoms with Gasteiger partial charge in [-0.15, -0.1) is 0 Å². The maximum absolute atomic E-state index is 12.0. The van der Waals surface area contributed by atoms with Crippen molar-refractivity contribution < 1.29 is 14.3 Å². The quantitative estimate of drug-likeness (QED) is 0.476. The van der Waals surface area contributed by atoms with Gasteiger partial charge in [0.05, 0.1) is 30.5 Å². The Balaban J connectivity index is 2.16. The summed E-state index contributed by atoms with van der Waals surface area (Å²) in [6, 6.07) is 6.66. The van der Waals surface area contributed by atoms with E-state index in [9.17, 15) is 4.79 Å². The number of hydrogen-bond donors (Lipinski definition) is 1. The average molecular weight is 399 g/mol. The summed E-state index contributed by atoms with van der Waals surface area (Å²) in [7, 11) is 3.10. The summed E-state index contributed by atoms with van der Waals surface area (Å²) in [5, 5.41) is 4.03. The molecule has 0 saturated heterocycles. The molecule has 2 rings (SSSR count). The topological polar surface area (TPSA) is 72.8 Å². The fraction of sp³-hybridized carbons (Fsp3) is 0.133. The Labute approximate surface area is 146 Å². The normalized spacial score (nSPS) is 10.6. The lowest BCUT2D eigenvalue weighted by atomic mass is 10.2. The number of hydrogen-bond acceptors (Lipinski definition) is 5. The van der Waals surface area contributed by atoms with E-state index in [-0.39, 0.29) is 10.7 Å². The number of carbonyl (C=O) groups excluding carboxylic acids is 1. The molecule has 8 heteroatoms. The number of hydrazone groups is 1. The van der Waals surface area contributed by atoms with Crippen LogP contribution in [0.5, 0.6) is 11.5 Å². The van der Waals surface area contributed by atoms with Crippen molar-refractivity contribution >= 4 is 39.7 Å². The highest BCUT2D eigenvalue weighted by molar-refractivity contribution is 9.10. The number of aromatic nitrogens is 1. The minimum Gasteiger partial charge on any atom is -0.496 e. The summed E-state index contributed by atoms with van der Waals surface area (Å²) in [6.07, 6.45) is 2.97. The predicted octanol–water partition coefficient (Wildman–Crippen LogP) is 3.28. The van der Waals surface area contributed by atoms with E-state index in [2.05, 4.69) is 31.4 Å². The zero-order valence-electron chi connectivity index (χ0n) is 12.3. The molecule has 0 fully saturated rings. The summed E-state index contributed by atoms with van der Waals surface area (Å²) < 4.78 is 11.2. The van der Waals surface area contributed by atoms with Crippen LogP contribution in [0, 0.1) is 0 Å². The number of rotatable bonds is 5. The summed E-state index contributed by atoms with van der Waals surface area (Å²) in [5.41, 5.74) is 3.30. The first kappa shape index (κ1) is 17.2. The van der Waals surface area contributed by atoms with E-state index in [1.54, 1.807) is 31.4 Å². The molecule has 0 spiro atoms. The van der Waals surface area contributed by atoms with Crippen molar-refractivity contribution in [3.63, 3.8) is 0 Å². The fourth-order valence-corrected chi connectivity index (χ4v) is 2.49. The second kappa shape index (κ2) is 7.94. The molecule has 0 atom stereocenters. The fourth-order valence-electron chi connectivity index (χ4n) is 1.76. The highest BCUT2D eigenvalue weighted by Crippen LogP contribution is 2.31. The zero-order chi connectivity index (χ0) is 16.8. The lowest BCUT2D eigenvalue weighted by Gasteiger charge is -2.09. The number of benzene rings is 1. The molecule has 1 N–H and O–H groups in total. The number of ether oxygens (including phenoxy) is 2. The number of nitrogens with zero attached hydrogens (tertiary/aromatic N) is 2. The molecule has 0 aliphatic heterocycles. The molecule has 2 aromatic rings. The van der Waals surface area contributed by atoms with Crippen LogP contribution in [0.1, 0.15) is 15.9 Å². The van der Waals surface area contributed by atoms with Crippen LogP contribution in [-0.4, -0.2) is 31.3 Å². The number of amides is 1. The van der Waals surface area contributed by atoms with E-state index in [1.807, 2.05) is 0 Å². The van der Waals surface area contributed by atoms with Crippen molar-refractivity contribution in [1.29, 1.82) is 0 Å². The third-order valence-electron chi connectivity index (χ3n) is 2.88. The van der Waals surface area contributed by atoms with Crippen molar-refractivity contribution in [2.75, 3.05) is 14.2 Å². The van der Waals surface area contributed by atoms with Crippen LogP contribution in [0.4, 0.5) is 0 Å². The van der Waals surface area contributed by atoms with Crippen LogP contribution in [0.25, 0.3) is 0 Å². The standard InChI is InChI=1S/C15H13BrClN3O3/c1-22-12-7-13(23-2)11(16)6-9(12)8-19-20-15(21)10-4-3-5-18-14(10)17/h3-8H,1-2H3,(H,20,21). The lowest BCUT2D eigenvalue weighted by Crippen LogP contribution is -2.18. The van der Waals surface area contributed by atoms with Crippen molar-refractivity contribution in [2.24, 2.45) is 5.10 Å². The number of pyridine rings is 1. The van der Waals surface area contributed by atoms with Crippen LogP contribution >= 0.6 is 27.5 Å². The molecule has 0 bridgehead atoms. The van der Waals surface area contributed by atoms with E-state index in [0.717, 1.165) is 4.47 Å². The largest absolute Gasteiger partial charge is 0.496 e. The smallest absolute Gasteiger partial charge is 0.274 e. The maximum Gasteiger partial charge on any atom is 0.274 e.